The number of anilines is 2. The van der Waals surface area contributed by atoms with E-state index in [-0.39, 0.29) is 0 Å². The number of thiophene rings is 1. The summed E-state index contributed by atoms with van der Waals surface area (Å²) >= 11 is 1.72. The number of nitrogens with zero attached hydrogens (tertiary/aromatic N) is 3. The maximum Gasteiger partial charge on any atom is 0.223 e. The molecule has 0 spiro atoms. The molecule has 0 bridgehead atoms. The molecule has 2 aromatic rings. The Labute approximate surface area is 125 Å². The summed E-state index contributed by atoms with van der Waals surface area (Å²) in [7, 11) is 0. The van der Waals surface area contributed by atoms with Crippen LogP contribution in [0.25, 0.3) is 10.2 Å². The molecule has 5 heteroatoms. The first-order chi connectivity index (χ1) is 9.58. The quantitative estimate of drug-likeness (QED) is 0.882. The highest BCUT2D eigenvalue weighted by Crippen LogP contribution is 2.32. The number of nitrogens with two attached hydrogens (primary N) is 1. The highest BCUT2D eigenvalue weighted by molar-refractivity contribution is 7.18. The fourth-order valence-corrected chi connectivity index (χ4v) is 3.23. The van der Waals surface area contributed by atoms with E-state index >= 15 is 0 Å². The number of rotatable bonds is 6. The van der Waals surface area contributed by atoms with Crippen LogP contribution in [-0.4, -0.2) is 23.1 Å². The predicted molar refractivity (Wildman–Crippen MR) is 88.5 cm³/mol. The van der Waals surface area contributed by atoms with Crippen molar-refractivity contribution in [2.24, 2.45) is 5.92 Å². The van der Waals surface area contributed by atoms with E-state index in [1.807, 2.05) is 0 Å². The van der Waals surface area contributed by atoms with Gasteiger partial charge in [-0.25, -0.2) is 4.98 Å². The summed E-state index contributed by atoms with van der Waals surface area (Å²) in [5.74, 6) is 2.01. The zero-order chi connectivity index (χ0) is 14.7. The van der Waals surface area contributed by atoms with Crippen LogP contribution in [0, 0.1) is 5.92 Å². The van der Waals surface area contributed by atoms with Crippen LogP contribution in [0.1, 0.15) is 39.0 Å². The molecule has 0 aliphatic heterocycles. The molecule has 0 aliphatic rings. The second kappa shape index (κ2) is 6.39. The average Bonchev–Trinajstić information content (AvgIpc) is 2.86. The molecule has 2 rings (SSSR count). The van der Waals surface area contributed by atoms with Crippen molar-refractivity contribution in [3.8, 4) is 0 Å². The van der Waals surface area contributed by atoms with Gasteiger partial charge in [-0.1, -0.05) is 27.2 Å². The van der Waals surface area contributed by atoms with Crippen LogP contribution >= 0.6 is 11.3 Å². The minimum Gasteiger partial charge on any atom is -0.368 e. The van der Waals surface area contributed by atoms with Gasteiger partial charge < -0.3 is 10.6 Å². The van der Waals surface area contributed by atoms with Gasteiger partial charge in [0.25, 0.3) is 0 Å². The van der Waals surface area contributed by atoms with E-state index in [1.165, 1.54) is 11.3 Å². The van der Waals surface area contributed by atoms with Gasteiger partial charge in [-0.05, 0) is 25.3 Å². The lowest BCUT2D eigenvalue weighted by atomic mass is 10.1. The summed E-state index contributed by atoms with van der Waals surface area (Å²) in [5.41, 5.74) is 5.89. The Morgan fingerprint density at radius 3 is 2.65 bits per heavy atom. The van der Waals surface area contributed by atoms with Gasteiger partial charge in [0.1, 0.15) is 10.6 Å². The molecule has 0 radical (unpaired) electrons. The number of hydrogen-bond acceptors (Lipinski definition) is 5. The van der Waals surface area contributed by atoms with Gasteiger partial charge in [0.05, 0.1) is 5.39 Å². The highest BCUT2D eigenvalue weighted by atomic mass is 32.1. The van der Waals surface area contributed by atoms with Crippen molar-refractivity contribution < 1.29 is 0 Å². The maximum absolute atomic E-state index is 5.89. The molecular weight excluding hydrogens is 268 g/mol. The summed E-state index contributed by atoms with van der Waals surface area (Å²) in [6.45, 7) is 10.8. The second-order valence-corrected chi connectivity index (χ2v) is 6.36. The first-order valence-corrected chi connectivity index (χ1v) is 8.21. The molecule has 0 saturated heterocycles. The van der Waals surface area contributed by atoms with E-state index in [0.29, 0.717) is 11.9 Å². The molecule has 0 saturated carbocycles. The topological polar surface area (TPSA) is 55.0 Å². The zero-order valence-electron chi connectivity index (χ0n) is 12.8. The molecular formula is C15H24N4S. The number of aryl methyl sites for hydroxylation is 1. The zero-order valence-corrected chi connectivity index (χ0v) is 13.6. The molecule has 1 unspecified atom stereocenters. The van der Waals surface area contributed by atoms with Crippen LogP contribution in [0.5, 0.6) is 0 Å². The minimum atomic E-state index is 0.375. The van der Waals surface area contributed by atoms with Crippen molar-refractivity contribution in [1.29, 1.82) is 0 Å². The van der Waals surface area contributed by atoms with Crippen molar-refractivity contribution in [1.82, 2.24) is 9.97 Å². The summed E-state index contributed by atoms with van der Waals surface area (Å²) in [6.07, 6.45) is 2.20. The molecule has 110 valence electrons. The fraction of sp³-hybridized carbons (Fsp3) is 0.600. The Kier molecular flexibility index (Phi) is 4.81. The highest BCUT2D eigenvalue weighted by Gasteiger charge is 2.16. The van der Waals surface area contributed by atoms with E-state index in [0.717, 1.165) is 35.5 Å². The molecule has 2 heterocycles. The van der Waals surface area contributed by atoms with Crippen molar-refractivity contribution in [3.63, 3.8) is 0 Å². The Morgan fingerprint density at radius 2 is 2.05 bits per heavy atom. The van der Waals surface area contributed by atoms with Crippen molar-refractivity contribution >= 4 is 33.3 Å². The van der Waals surface area contributed by atoms with Crippen LogP contribution in [0.15, 0.2) is 6.07 Å². The van der Waals surface area contributed by atoms with Gasteiger partial charge in [0.2, 0.25) is 5.95 Å². The smallest absolute Gasteiger partial charge is 0.223 e. The number of fused-ring (bicyclic) bond motifs is 1. The number of aromatic nitrogens is 2. The van der Waals surface area contributed by atoms with Gasteiger partial charge in [0.15, 0.2) is 0 Å². The monoisotopic (exact) mass is 292 g/mol. The minimum absolute atomic E-state index is 0.375. The third-order valence-corrected chi connectivity index (χ3v) is 4.87. The lowest BCUT2D eigenvalue weighted by Gasteiger charge is -2.25. The van der Waals surface area contributed by atoms with Crippen LogP contribution < -0.4 is 10.6 Å². The predicted octanol–water partition coefficient (Wildman–Crippen LogP) is 3.71. The van der Waals surface area contributed by atoms with Crippen molar-refractivity contribution in [2.75, 3.05) is 23.7 Å². The summed E-state index contributed by atoms with van der Waals surface area (Å²) in [4.78, 5) is 13.5. The summed E-state index contributed by atoms with van der Waals surface area (Å²) in [6, 6.07) is 2.22. The summed E-state index contributed by atoms with van der Waals surface area (Å²) < 4.78 is 0. The average molecular weight is 292 g/mol. The first kappa shape index (κ1) is 15.0. The van der Waals surface area contributed by atoms with Gasteiger partial charge in [-0.15, -0.1) is 11.3 Å². The third-order valence-electron chi connectivity index (χ3n) is 3.70. The Balaban J connectivity index is 2.47. The summed E-state index contributed by atoms with van der Waals surface area (Å²) in [5, 5.41) is 1.14. The van der Waals surface area contributed by atoms with Gasteiger partial charge in [0, 0.05) is 18.0 Å². The third kappa shape index (κ3) is 3.03. The van der Waals surface area contributed by atoms with E-state index in [4.69, 9.17) is 5.73 Å². The molecule has 4 nitrogen and oxygen atoms in total. The van der Waals surface area contributed by atoms with Gasteiger partial charge in [-0.3, -0.25) is 0 Å². The van der Waals surface area contributed by atoms with E-state index in [1.54, 1.807) is 11.3 Å². The van der Waals surface area contributed by atoms with Gasteiger partial charge in [-0.2, -0.15) is 4.98 Å². The Bertz CT molecular complexity index is 579. The molecule has 0 aliphatic carbocycles. The Morgan fingerprint density at radius 1 is 1.30 bits per heavy atom. The van der Waals surface area contributed by atoms with E-state index in [2.05, 4.69) is 48.6 Å². The number of nitrogen functional groups attached to an aromatic ring is 1. The van der Waals surface area contributed by atoms with Crippen LogP contribution in [-0.2, 0) is 6.42 Å². The Hall–Kier alpha value is -1.36. The number of hydrogen-bond donors (Lipinski definition) is 1. The maximum atomic E-state index is 5.89. The molecule has 2 aromatic heterocycles. The normalized spacial score (nSPS) is 12.8. The molecule has 0 fully saturated rings. The second-order valence-electron chi connectivity index (χ2n) is 5.24. The first-order valence-electron chi connectivity index (χ1n) is 7.39. The molecule has 0 aromatic carbocycles. The molecule has 2 N–H and O–H groups in total. The van der Waals surface area contributed by atoms with E-state index < -0.39 is 0 Å². The van der Waals surface area contributed by atoms with Crippen molar-refractivity contribution in [3.05, 3.63) is 10.9 Å². The van der Waals surface area contributed by atoms with Crippen LogP contribution in [0.4, 0.5) is 11.8 Å². The van der Waals surface area contributed by atoms with E-state index in [9.17, 15) is 0 Å². The molecule has 20 heavy (non-hydrogen) atoms. The fourth-order valence-electron chi connectivity index (χ4n) is 2.26. The lowest BCUT2D eigenvalue weighted by Crippen LogP contribution is -2.29. The lowest BCUT2D eigenvalue weighted by molar-refractivity contribution is 0.546. The van der Waals surface area contributed by atoms with Crippen LogP contribution in [0.2, 0.25) is 0 Å². The standard InChI is InChI=1S/C15H24N4S/c1-5-10(4)9-19(7-3)13-12-8-11(6-2)20-14(12)18-15(16)17-13/h8,10H,5-7,9H2,1-4H3,(H2,16,17,18). The molecule has 0 amide bonds. The molecule has 1 atom stereocenters. The SMILES string of the molecule is CCc1cc2c(N(CC)CC(C)CC)nc(N)nc2s1. The van der Waals surface area contributed by atoms with Crippen molar-refractivity contribution in [2.45, 2.75) is 40.5 Å². The largest absolute Gasteiger partial charge is 0.368 e. The van der Waals surface area contributed by atoms with Gasteiger partial charge >= 0.3 is 0 Å². The van der Waals surface area contributed by atoms with Crippen LogP contribution in [0.3, 0.4) is 0 Å².